The molecule has 10 heteroatoms. The summed E-state index contributed by atoms with van der Waals surface area (Å²) in [5.41, 5.74) is 12.2. The number of thioether (sulfide) groups is 2. The van der Waals surface area contributed by atoms with Crippen LogP contribution in [0.4, 0.5) is 0 Å². The van der Waals surface area contributed by atoms with Gasteiger partial charge in [-0.1, -0.05) is 32.9 Å². The molecule has 0 amide bonds. The summed E-state index contributed by atoms with van der Waals surface area (Å²) in [6.45, 7) is 10.6. The second kappa shape index (κ2) is 12.5. The third kappa shape index (κ3) is 11.4. The molecule has 1 aliphatic rings. The van der Waals surface area contributed by atoms with Gasteiger partial charge in [-0.05, 0) is 53.1 Å². The molecule has 0 fully saturated rings. The van der Waals surface area contributed by atoms with E-state index >= 15 is 0 Å². The molecule has 1 aliphatic heterocycles. The van der Waals surface area contributed by atoms with Crippen molar-refractivity contribution in [3.8, 4) is 0 Å². The van der Waals surface area contributed by atoms with Crippen molar-refractivity contribution < 1.29 is 5.53 Å². The van der Waals surface area contributed by atoms with Crippen molar-refractivity contribution in [2.75, 3.05) is 36.1 Å². The highest BCUT2D eigenvalue weighted by Gasteiger charge is 2.24. The van der Waals surface area contributed by atoms with Gasteiger partial charge in [0.25, 0.3) is 0 Å². The highest BCUT2D eigenvalue weighted by Crippen LogP contribution is 2.25. The number of rotatable bonds is 16. The molecule has 0 bridgehead atoms. The van der Waals surface area contributed by atoms with Crippen LogP contribution in [-0.2, 0) is 0 Å². The number of quaternary nitrogens is 1. The average Bonchev–Trinajstić information content (AvgIpc) is 3.10. The zero-order valence-corrected chi connectivity index (χ0v) is 18.8. The molecule has 5 N–H and O–H groups in total. The highest BCUT2D eigenvalue weighted by molar-refractivity contribution is 8.00. The van der Waals surface area contributed by atoms with E-state index in [1.54, 1.807) is 0 Å². The molecule has 0 saturated carbocycles. The van der Waals surface area contributed by atoms with E-state index in [0.29, 0.717) is 6.54 Å². The fourth-order valence-electron chi connectivity index (χ4n) is 2.70. The molecule has 0 unspecified atom stereocenters. The van der Waals surface area contributed by atoms with E-state index in [-0.39, 0.29) is 10.8 Å². The first kappa shape index (κ1) is 24.0. The molecule has 1 rings (SSSR count). The summed E-state index contributed by atoms with van der Waals surface area (Å²) in [7, 11) is 0. The predicted molar refractivity (Wildman–Crippen MR) is 117 cm³/mol. The molecule has 0 aromatic rings. The van der Waals surface area contributed by atoms with Crippen molar-refractivity contribution in [2.24, 2.45) is 21.2 Å². The largest absolute Gasteiger partial charge is 0.290 e. The Hall–Kier alpha value is -1.00. The molecule has 0 aliphatic carbocycles. The second-order valence-electron chi connectivity index (χ2n) is 8.41. The minimum Gasteiger partial charge on any atom is -0.290 e. The first-order chi connectivity index (χ1) is 12.8. The fraction of sp³-hybridized carbons (Fsp3) is 0.882. The Bertz CT molecular complexity index is 462. The van der Waals surface area contributed by atoms with E-state index in [4.69, 9.17) is 10.9 Å². The smallest absolute Gasteiger partial charge is 0.168 e. The van der Waals surface area contributed by atoms with E-state index in [0.717, 1.165) is 25.1 Å². The Morgan fingerprint density at radius 1 is 1.15 bits per heavy atom. The lowest BCUT2D eigenvalue weighted by Gasteiger charge is -2.27. The number of hydrazone groups is 1. The van der Waals surface area contributed by atoms with Crippen molar-refractivity contribution in [3.63, 3.8) is 0 Å². The number of nitrogens with one attached hydrogen (secondary N) is 3. The quantitative estimate of drug-likeness (QED) is 0.0771. The van der Waals surface area contributed by atoms with Crippen LogP contribution in [0.15, 0.2) is 10.3 Å². The Morgan fingerprint density at radius 2 is 1.78 bits per heavy atom. The maximum Gasteiger partial charge on any atom is 0.168 e. The maximum atomic E-state index is 7.22. The SMILES string of the molecule is CC(C)(CCSCCCSCCC(C)(C)CN1C=NN[NH2+]1)CN(C=N)N=N. The zero-order chi connectivity index (χ0) is 20.2. The topological polar surface area (TPSA) is 108 Å². The van der Waals surface area contributed by atoms with Crippen LogP contribution in [0.3, 0.4) is 0 Å². The number of hydrogen-bond donors (Lipinski definition) is 4. The second-order valence-corrected chi connectivity index (χ2v) is 10.9. The third-order valence-electron chi connectivity index (χ3n) is 4.41. The van der Waals surface area contributed by atoms with Crippen molar-refractivity contribution in [2.45, 2.75) is 47.0 Å². The Kier molecular flexibility index (Phi) is 11.1. The molecular formula is C17H37N8S2+. The standard InChI is InChI=1S/C17H36N8S2/c1-16(2,12-24(14-18)21-19)6-10-26-8-5-9-27-11-7-17(3,4)13-25-15-20-22-23-25/h14-15,18-19,22-23H,5-13H2,1-4H3/p+1. The molecule has 0 spiro atoms. The first-order valence-electron chi connectivity index (χ1n) is 9.46. The molecule has 0 saturated heterocycles. The van der Waals surface area contributed by atoms with Gasteiger partial charge in [-0.3, -0.25) is 5.41 Å². The van der Waals surface area contributed by atoms with E-state index in [1.807, 2.05) is 23.6 Å². The predicted octanol–water partition coefficient (Wildman–Crippen LogP) is 2.77. The fourth-order valence-corrected chi connectivity index (χ4v) is 5.38. The molecule has 0 radical (unpaired) electrons. The van der Waals surface area contributed by atoms with Gasteiger partial charge >= 0.3 is 0 Å². The van der Waals surface area contributed by atoms with Crippen molar-refractivity contribution in [1.29, 1.82) is 10.9 Å². The lowest BCUT2D eigenvalue weighted by atomic mass is 9.90. The van der Waals surface area contributed by atoms with Gasteiger partial charge in [0.05, 0.1) is 6.54 Å². The normalized spacial score (nSPS) is 14.3. The van der Waals surface area contributed by atoms with Crippen LogP contribution >= 0.6 is 23.5 Å². The van der Waals surface area contributed by atoms with E-state index in [2.05, 4.69) is 60.3 Å². The molecule has 27 heavy (non-hydrogen) atoms. The minimum atomic E-state index is 0.0719. The van der Waals surface area contributed by atoms with E-state index < -0.39 is 0 Å². The van der Waals surface area contributed by atoms with Crippen LogP contribution in [-0.4, -0.2) is 58.8 Å². The molecule has 156 valence electrons. The van der Waals surface area contributed by atoms with Crippen molar-refractivity contribution >= 4 is 36.2 Å². The van der Waals surface area contributed by atoms with Crippen LogP contribution in [0.5, 0.6) is 0 Å². The van der Waals surface area contributed by atoms with Crippen LogP contribution in [0.1, 0.15) is 47.0 Å². The van der Waals surface area contributed by atoms with Gasteiger partial charge in [-0.15, -0.1) is 16.2 Å². The zero-order valence-electron chi connectivity index (χ0n) is 17.2. The average molecular weight is 418 g/mol. The Balaban J connectivity index is 2.00. The van der Waals surface area contributed by atoms with Gasteiger partial charge in [-0.25, -0.2) is 5.01 Å². The molecular weight excluding hydrogens is 380 g/mol. The van der Waals surface area contributed by atoms with Crippen LogP contribution in [0.25, 0.3) is 0 Å². The summed E-state index contributed by atoms with van der Waals surface area (Å²) in [5, 5.41) is 18.1. The van der Waals surface area contributed by atoms with Gasteiger partial charge in [-0.2, -0.15) is 34.1 Å². The van der Waals surface area contributed by atoms with Crippen LogP contribution in [0.2, 0.25) is 0 Å². The Morgan fingerprint density at radius 3 is 2.30 bits per heavy atom. The van der Waals surface area contributed by atoms with Crippen LogP contribution < -0.4 is 11.1 Å². The van der Waals surface area contributed by atoms with E-state index in [9.17, 15) is 0 Å². The van der Waals surface area contributed by atoms with Crippen molar-refractivity contribution in [3.05, 3.63) is 0 Å². The molecule has 0 aromatic carbocycles. The maximum absolute atomic E-state index is 7.22. The summed E-state index contributed by atoms with van der Waals surface area (Å²) in [5.74, 6) is 4.76. The van der Waals surface area contributed by atoms with Crippen molar-refractivity contribution in [1.82, 2.24) is 15.6 Å². The van der Waals surface area contributed by atoms with Crippen LogP contribution in [0, 0.1) is 21.8 Å². The minimum absolute atomic E-state index is 0.0719. The van der Waals surface area contributed by atoms with Gasteiger partial charge < -0.3 is 0 Å². The monoisotopic (exact) mass is 417 g/mol. The summed E-state index contributed by atoms with van der Waals surface area (Å²) in [6, 6.07) is 0. The first-order valence-corrected chi connectivity index (χ1v) is 11.8. The highest BCUT2D eigenvalue weighted by atomic mass is 32.2. The molecule has 0 atom stereocenters. The van der Waals surface area contributed by atoms with Gasteiger partial charge in [0, 0.05) is 6.54 Å². The lowest BCUT2D eigenvalue weighted by Crippen LogP contribution is -2.97. The molecule has 8 nitrogen and oxygen atoms in total. The lowest BCUT2D eigenvalue weighted by molar-refractivity contribution is -0.821. The van der Waals surface area contributed by atoms with Gasteiger partial charge in [0.2, 0.25) is 0 Å². The number of nitrogens with zero attached hydrogens (tertiary/aromatic N) is 4. The summed E-state index contributed by atoms with van der Waals surface area (Å²) < 4.78 is 0. The summed E-state index contributed by atoms with van der Waals surface area (Å²) in [4.78, 5) is 0. The summed E-state index contributed by atoms with van der Waals surface area (Å²) in [6.07, 6.45) is 6.50. The molecule has 0 aromatic heterocycles. The number of nitrogens with two attached hydrogens (primary N) is 1. The van der Waals surface area contributed by atoms with Gasteiger partial charge in [0.1, 0.15) is 6.34 Å². The summed E-state index contributed by atoms with van der Waals surface area (Å²) >= 11 is 4.07. The third-order valence-corrected chi connectivity index (χ3v) is 6.55. The Labute approximate surface area is 172 Å². The van der Waals surface area contributed by atoms with E-state index in [1.165, 1.54) is 35.1 Å². The number of hydrogen-bond acceptors (Lipinski definition) is 8. The molecule has 1 heterocycles. The van der Waals surface area contributed by atoms with Gasteiger partial charge in [0.15, 0.2) is 6.34 Å².